The van der Waals surface area contributed by atoms with Gasteiger partial charge in [-0.2, -0.15) is 18.3 Å². The number of phenols is 1. The van der Waals surface area contributed by atoms with Crippen molar-refractivity contribution >= 4 is 28.1 Å². The zero-order chi connectivity index (χ0) is 17.9. The van der Waals surface area contributed by atoms with Gasteiger partial charge in [-0.3, -0.25) is 4.79 Å². The summed E-state index contributed by atoms with van der Waals surface area (Å²) in [5, 5.41) is 13.1. The van der Waals surface area contributed by atoms with Crippen molar-refractivity contribution in [3.63, 3.8) is 0 Å². The van der Waals surface area contributed by atoms with Gasteiger partial charge in [0.25, 0.3) is 5.91 Å². The molecule has 0 fully saturated rings. The molecule has 4 nitrogen and oxygen atoms in total. The van der Waals surface area contributed by atoms with Crippen molar-refractivity contribution in [2.24, 2.45) is 5.10 Å². The summed E-state index contributed by atoms with van der Waals surface area (Å²) < 4.78 is 51.6. The highest BCUT2D eigenvalue weighted by Crippen LogP contribution is 2.30. The number of carbonyl (C=O) groups excluding carboxylic acids is 1. The zero-order valence-electron chi connectivity index (χ0n) is 11.7. The molecule has 0 saturated carbocycles. The second-order valence-electron chi connectivity index (χ2n) is 4.59. The minimum absolute atomic E-state index is 0.100. The van der Waals surface area contributed by atoms with Gasteiger partial charge in [-0.1, -0.05) is 15.9 Å². The molecular formula is C15H9BrF4N2O2. The van der Waals surface area contributed by atoms with Crippen LogP contribution in [0.1, 0.15) is 21.5 Å². The van der Waals surface area contributed by atoms with Crippen LogP contribution >= 0.6 is 15.9 Å². The van der Waals surface area contributed by atoms with Crippen LogP contribution in [-0.2, 0) is 6.18 Å². The number of nitrogens with zero attached hydrogens (tertiary/aromatic N) is 1. The minimum Gasteiger partial charge on any atom is -0.507 e. The number of hydrogen-bond acceptors (Lipinski definition) is 3. The smallest absolute Gasteiger partial charge is 0.416 e. The Balaban J connectivity index is 2.13. The number of hydrazone groups is 1. The number of rotatable bonds is 3. The van der Waals surface area contributed by atoms with Gasteiger partial charge in [0.05, 0.1) is 17.3 Å². The van der Waals surface area contributed by atoms with Gasteiger partial charge < -0.3 is 5.11 Å². The number of alkyl halides is 3. The molecule has 0 aliphatic rings. The first-order chi connectivity index (χ1) is 11.2. The first-order valence-electron chi connectivity index (χ1n) is 6.37. The standard InChI is InChI=1S/C15H9BrF4N2O2/c16-10-2-4-13(23)8(5-10)7-21-22-14(24)11-3-1-9(6-12(11)17)15(18,19)20/h1-7,23H,(H,22,24). The lowest BCUT2D eigenvalue weighted by molar-refractivity contribution is -0.137. The number of benzene rings is 2. The molecular weight excluding hydrogens is 396 g/mol. The Kier molecular flexibility index (Phi) is 5.23. The lowest BCUT2D eigenvalue weighted by atomic mass is 10.1. The number of nitrogens with one attached hydrogen (secondary N) is 1. The van der Waals surface area contributed by atoms with Crippen molar-refractivity contribution in [1.29, 1.82) is 0 Å². The Morgan fingerprint density at radius 3 is 2.54 bits per heavy atom. The molecule has 24 heavy (non-hydrogen) atoms. The van der Waals surface area contributed by atoms with Gasteiger partial charge >= 0.3 is 6.18 Å². The van der Waals surface area contributed by atoms with Crippen LogP contribution in [0.2, 0.25) is 0 Å². The summed E-state index contributed by atoms with van der Waals surface area (Å²) in [4.78, 5) is 11.8. The molecule has 0 spiro atoms. The topological polar surface area (TPSA) is 61.7 Å². The summed E-state index contributed by atoms with van der Waals surface area (Å²) >= 11 is 3.18. The summed E-state index contributed by atoms with van der Waals surface area (Å²) in [5.74, 6) is -2.44. The zero-order valence-corrected chi connectivity index (χ0v) is 13.3. The molecule has 2 N–H and O–H groups in total. The molecule has 0 heterocycles. The molecule has 0 aromatic heterocycles. The number of phenolic OH excluding ortho intramolecular Hbond substituents is 1. The number of amides is 1. The van der Waals surface area contributed by atoms with Gasteiger partial charge in [0.2, 0.25) is 0 Å². The minimum atomic E-state index is -4.70. The quantitative estimate of drug-likeness (QED) is 0.460. The SMILES string of the molecule is O=C(NN=Cc1cc(Br)ccc1O)c1ccc(C(F)(F)F)cc1F. The monoisotopic (exact) mass is 404 g/mol. The Labute approximate surface area is 141 Å². The number of hydrogen-bond donors (Lipinski definition) is 2. The van der Waals surface area contributed by atoms with Gasteiger partial charge in [-0.05, 0) is 36.4 Å². The molecule has 2 rings (SSSR count). The Morgan fingerprint density at radius 1 is 1.21 bits per heavy atom. The normalized spacial score (nSPS) is 11.7. The third-order valence-electron chi connectivity index (χ3n) is 2.90. The molecule has 0 atom stereocenters. The predicted molar refractivity (Wildman–Crippen MR) is 82.3 cm³/mol. The van der Waals surface area contributed by atoms with Gasteiger partial charge in [0, 0.05) is 10.0 Å². The van der Waals surface area contributed by atoms with Crippen molar-refractivity contribution in [2.45, 2.75) is 6.18 Å². The third-order valence-corrected chi connectivity index (χ3v) is 3.39. The fourth-order valence-corrected chi connectivity index (χ4v) is 2.10. The van der Waals surface area contributed by atoms with Crippen molar-refractivity contribution in [3.05, 3.63) is 63.4 Å². The highest BCUT2D eigenvalue weighted by Gasteiger charge is 2.31. The van der Waals surface area contributed by atoms with Gasteiger partial charge in [-0.15, -0.1) is 0 Å². The van der Waals surface area contributed by atoms with Crippen molar-refractivity contribution in [2.75, 3.05) is 0 Å². The molecule has 0 bridgehead atoms. The van der Waals surface area contributed by atoms with E-state index in [1.165, 1.54) is 12.1 Å². The number of halogens is 5. The lowest BCUT2D eigenvalue weighted by Gasteiger charge is -2.08. The van der Waals surface area contributed by atoms with E-state index in [4.69, 9.17) is 0 Å². The molecule has 0 aliphatic carbocycles. The van der Waals surface area contributed by atoms with Gasteiger partial charge in [0.1, 0.15) is 11.6 Å². The summed E-state index contributed by atoms with van der Waals surface area (Å²) in [6.07, 6.45) is -3.59. The molecule has 126 valence electrons. The molecule has 9 heteroatoms. The Hall–Kier alpha value is -2.42. The van der Waals surface area contributed by atoms with E-state index < -0.39 is 29.0 Å². The van der Waals surface area contributed by atoms with Crippen LogP contribution in [0.25, 0.3) is 0 Å². The van der Waals surface area contributed by atoms with E-state index in [2.05, 4.69) is 21.0 Å². The first-order valence-corrected chi connectivity index (χ1v) is 7.16. The van der Waals surface area contributed by atoms with E-state index in [9.17, 15) is 27.5 Å². The van der Waals surface area contributed by atoms with Crippen LogP contribution in [-0.4, -0.2) is 17.2 Å². The maximum atomic E-state index is 13.6. The average Bonchev–Trinajstić information content (AvgIpc) is 2.49. The Bertz CT molecular complexity index is 807. The molecule has 2 aromatic carbocycles. The highest BCUT2D eigenvalue weighted by atomic mass is 79.9. The lowest BCUT2D eigenvalue weighted by Crippen LogP contribution is -2.19. The second kappa shape index (κ2) is 7.00. The van der Waals surface area contributed by atoms with Crippen molar-refractivity contribution in [1.82, 2.24) is 5.43 Å². The largest absolute Gasteiger partial charge is 0.507 e. The second-order valence-corrected chi connectivity index (χ2v) is 5.51. The molecule has 0 unspecified atom stereocenters. The first kappa shape index (κ1) is 17.9. The van der Waals surface area contributed by atoms with E-state index >= 15 is 0 Å². The van der Waals surface area contributed by atoms with Crippen molar-refractivity contribution in [3.8, 4) is 5.75 Å². The molecule has 0 aliphatic heterocycles. The molecule has 1 amide bonds. The van der Waals surface area contributed by atoms with Crippen molar-refractivity contribution < 1.29 is 27.5 Å². The number of carbonyl (C=O) groups is 1. The van der Waals surface area contributed by atoms with E-state index in [0.29, 0.717) is 10.5 Å². The summed E-state index contributed by atoms with van der Waals surface area (Å²) in [6, 6.07) is 6.05. The van der Waals surface area contributed by atoms with E-state index in [0.717, 1.165) is 12.3 Å². The fraction of sp³-hybridized carbons (Fsp3) is 0.0667. The van der Waals surface area contributed by atoms with Crippen LogP contribution in [0, 0.1) is 5.82 Å². The van der Waals surface area contributed by atoms with E-state index in [-0.39, 0.29) is 17.4 Å². The Morgan fingerprint density at radius 2 is 1.92 bits per heavy atom. The molecule has 0 radical (unpaired) electrons. The predicted octanol–water partition coefficient (Wildman–Crippen LogP) is 4.08. The van der Waals surface area contributed by atoms with E-state index in [1.807, 2.05) is 5.43 Å². The van der Waals surface area contributed by atoms with Crippen LogP contribution in [0.3, 0.4) is 0 Å². The van der Waals surface area contributed by atoms with Crippen LogP contribution in [0.5, 0.6) is 5.75 Å². The van der Waals surface area contributed by atoms with Gasteiger partial charge in [-0.25, -0.2) is 9.82 Å². The number of aromatic hydroxyl groups is 1. The fourth-order valence-electron chi connectivity index (χ4n) is 1.73. The van der Waals surface area contributed by atoms with E-state index in [1.54, 1.807) is 6.07 Å². The van der Waals surface area contributed by atoms with Crippen LogP contribution in [0.4, 0.5) is 17.6 Å². The summed E-state index contributed by atoms with van der Waals surface area (Å²) in [6.45, 7) is 0. The maximum absolute atomic E-state index is 13.6. The summed E-state index contributed by atoms with van der Waals surface area (Å²) in [7, 11) is 0. The average molecular weight is 405 g/mol. The van der Waals surface area contributed by atoms with Crippen LogP contribution < -0.4 is 5.43 Å². The van der Waals surface area contributed by atoms with Gasteiger partial charge in [0.15, 0.2) is 0 Å². The molecule has 2 aromatic rings. The maximum Gasteiger partial charge on any atom is 0.416 e. The highest BCUT2D eigenvalue weighted by molar-refractivity contribution is 9.10. The third kappa shape index (κ3) is 4.31. The van der Waals surface area contributed by atoms with Crippen LogP contribution in [0.15, 0.2) is 46.0 Å². The summed E-state index contributed by atoms with van der Waals surface area (Å²) in [5.41, 5.74) is 0.472. The molecule has 0 saturated heterocycles.